The number of amides is 1. The maximum atomic E-state index is 11.1. The minimum atomic E-state index is -0.342. The summed E-state index contributed by atoms with van der Waals surface area (Å²) in [4.78, 5) is 15.6. The van der Waals surface area contributed by atoms with E-state index in [0.717, 1.165) is 16.5 Å². The fourth-order valence-electron chi connectivity index (χ4n) is 2.34. The number of aromatic nitrogens is 1. The maximum absolute atomic E-state index is 11.1. The second kappa shape index (κ2) is 4.36. The molecule has 0 spiro atoms. The third-order valence-corrected chi connectivity index (χ3v) is 3.28. The highest BCUT2D eigenvalue weighted by Crippen LogP contribution is 2.26. The molecule has 1 saturated heterocycles. The van der Waals surface area contributed by atoms with Gasteiger partial charge < -0.3 is 5.73 Å². The zero-order valence-electron chi connectivity index (χ0n) is 9.76. The van der Waals surface area contributed by atoms with Crippen LogP contribution < -0.4 is 16.6 Å². The van der Waals surface area contributed by atoms with E-state index < -0.39 is 0 Å². The summed E-state index contributed by atoms with van der Waals surface area (Å²) < 4.78 is 0. The standard InChI is InChI=1S/C13H14N4O/c14-13(18)11-7-10(16-17-11)12-9-4-2-1-3-8(9)5-6-15-12/h1-6,10-11,16-17H,7H2,(H2,14,18). The number of rotatable bonds is 2. The molecule has 1 aliphatic rings. The Morgan fingerprint density at radius 1 is 1.28 bits per heavy atom. The Kier molecular flexibility index (Phi) is 2.70. The van der Waals surface area contributed by atoms with Gasteiger partial charge in [0, 0.05) is 11.6 Å². The van der Waals surface area contributed by atoms with Gasteiger partial charge in [0.2, 0.25) is 5.91 Å². The van der Waals surface area contributed by atoms with E-state index in [1.165, 1.54) is 0 Å². The third-order valence-electron chi connectivity index (χ3n) is 3.28. The summed E-state index contributed by atoms with van der Waals surface area (Å²) in [6.45, 7) is 0. The fraction of sp³-hybridized carbons (Fsp3) is 0.231. The van der Waals surface area contributed by atoms with Gasteiger partial charge in [-0.2, -0.15) is 0 Å². The number of benzene rings is 1. The number of carbonyl (C=O) groups excluding carboxylic acids is 1. The molecular weight excluding hydrogens is 228 g/mol. The molecule has 5 heteroatoms. The van der Waals surface area contributed by atoms with Gasteiger partial charge in [0.1, 0.15) is 6.04 Å². The lowest BCUT2D eigenvalue weighted by Crippen LogP contribution is -2.40. The third kappa shape index (κ3) is 1.83. The molecule has 2 atom stereocenters. The van der Waals surface area contributed by atoms with E-state index >= 15 is 0 Å². The van der Waals surface area contributed by atoms with Gasteiger partial charge in [-0.1, -0.05) is 24.3 Å². The Hall–Kier alpha value is -1.98. The van der Waals surface area contributed by atoms with E-state index in [1.54, 1.807) is 6.20 Å². The second-order valence-corrected chi connectivity index (χ2v) is 4.45. The molecule has 1 aromatic carbocycles. The maximum Gasteiger partial charge on any atom is 0.235 e. The van der Waals surface area contributed by atoms with Crippen molar-refractivity contribution < 1.29 is 4.79 Å². The first kappa shape index (κ1) is 11.1. The van der Waals surface area contributed by atoms with Crippen LogP contribution in [-0.2, 0) is 4.79 Å². The highest BCUT2D eigenvalue weighted by Gasteiger charge is 2.30. The Labute approximate surface area is 104 Å². The Balaban J connectivity index is 1.98. The molecule has 92 valence electrons. The molecule has 4 N–H and O–H groups in total. The van der Waals surface area contributed by atoms with Gasteiger partial charge in [0.05, 0.1) is 11.7 Å². The van der Waals surface area contributed by atoms with Gasteiger partial charge in [-0.25, -0.2) is 10.9 Å². The lowest BCUT2D eigenvalue weighted by Gasteiger charge is -2.11. The minimum Gasteiger partial charge on any atom is -0.368 e. The summed E-state index contributed by atoms with van der Waals surface area (Å²) >= 11 is 0. The van der Waals surface area contributed by atoms with Crippen molar-refractivity contribution in [2.45, 2.75) is 18.5 Å². The van der Waals surface area contributed by atoms with Gasteiger partial charge in [0.15, 0.2) is 0 Å². The fourth-order valence-corrected chi connectivity index (χ4v) is 2.34. The van der Waals surface area contributed by atoms with Crippen molar-refractivity contribution in [1.82, 2.24) is 15.8 Å². The monoisotopic (exact) mass is 242 g/mol. The zero-order chi connectivity index (χ0) is 12.5. The molecule has 18 heavy (non-hydrogen) atoms. The molecule has 2 aromatic rings. The van der Waals surface area contributed by atoms with E-state index in [2.05, 4.69) is 21.9 Å². The van der Waals surface area contributed by atoms with Crippen molar-refractivity contribution in [3.05, 3.63) is 42.2 Å². The van der Waals surface area contributed by atoms with E-state index in [1.807, 2.05) is 24.3 Å². The largest absolute Gasteiger partial charge is 0.368 e. The van der Waals surface area contributed by atoms with Crippen LogP contribution in [0.4, 0.5) is 0 Å². The van der Waals surface area contributed by atoms with Crippen LogP contribution in [0.15, 0.2) is 36.5 Å². The molecule has 1 aromatic heterocycles. The average molecular weight is 242 g/mol. The van der Waals surface area contributed by atoms with Crippen molar-refractivity contribution in [2.75, 3.05) is 0 Å². The molecule has 0 bridgehead atoms. The predicted octanol–water partition coefficient (Wildman–Crippen LogP) is 0.628. The van der Waals surface area contributed by atoms with Gasteiger partial charge >= 0.3 is 0 Å². The molecule has 0 aliphatic carbocycles. The lowest BCUT2D eigenvalue weighted by molar-refractivity contribution is -0.119. The summed E-state index contributed by atoms with van der Waals surface area (Å²) in [5.74, 6) is -0.342. The van der Waals surface area contributed by atoms with E-state index in [0.29, 0.717) is 6.42 Å². The number of nitrogens with two attached hydrogens (primary N) is 1. The first-order chi connectivity index (χ1) is 8.75. The number of carbonyl (C=O) groups is 1. The highest BCUT2D eigenvalue weighted by molar-refractivity contribution is 5.85. The van der Waals surface area contributed by atoms with Crippen LogP contribution in [0.3, 0.4) is 0 Å². The second-order valence-electron chi connectivity index (χ2n) is 4.45. The summed E-state index contributed by atoms with van der Waals surface area (Å²) in [7, 11) is 0. The summed E-state index contributed by atoms with van der Waals surface area (Å²) in [6.07, 6.45) is 2.41. The number of primary amides is 1. The SMILES string of the molecule is NC(=O)C1CC(c2nccc3ccccc23)NN1. The number of hydrogen-bond donors (Lipinski definition) is 3. The van der Waals surface area contributed by atoms with Crippen molar-refractivity contribution in [2.24, 2.45) is 5.73 Å². The number of hydrazine groups is 1. The smallest absolute Gasteiger partial charge is 0.235 e. The zero-order valence-corrected chi connectivity index (χ0v) is 9.76. The van der Waals surface area contributed by atoms with Crippen LogP contribution in [0, 0.1) is 0 Å². The van der Waals surface area contributed by atoms with Crippen molar-refractivity contribution >= 4 is 16.7 Å². The van der Waals surface area contributed by atoms with Crippen LogP contribution in [0.25, 0.3) is 10.8 Å². The molecular formula is C13H14N4O. The van der Waals surface area contributed by atoms with Crippen molar-refractivity contribution in [3.63, 3.8) is 0 Å². The summed E-state index contributed by atoms with van der Waals surface area (Å²) in [5, 5.41) is 2.25. The molecule has 1 aliphatic heterocycles. The molecule has 5 nitrogen and oxygen atoms in total. The highest BCUT2D eigenvalue weighted by atomic mass is 16.1. The molecule has 2 heterocycles. The van der Waals surface area contributed by atoms with Crippen molar-refractivity contribution in [3.8, 4) is 0 Å². The van der Waals surface area contributed by atoms with Crippen LogP contribution in [0.5, 0.6) is 0 Å². The molecule has 0 saturated carbocycles. The van der Waals surface area contributed by atoms with Gasteiger partial charge in [-0.3, -0.25) is 9.78 Å². The molecule has 0 radical (unpaired) electrons. The number of pyridine rings is 1. The molecule has 1 fully saturated rings. The Morgan fingerprint density at radius 2 is 2.11 bits per heavy atom. The van der Waals surface area contributed by atoms with Crippen LogP contribution >= 0.6 is 0 Å². The number of nitrogens with zero attached hydrogens (tertiary/aromatic N) is 1. The summed E-state index contributed by atoms with van der Waals surface area (Å²) in [6, 6.07) is 9.72. The van der Waals surface area contributed by atoms with Gasteiger partial charge in [0.25, 0.3) is 0 Å². The molecule has 3 rings (SSSR count). The van der Waals surface area contributed by atoms with Crippen LogP contribution in [-0.4, -0.2) is 16.9 Å². The van der Waals surface area contributed by atoms with Gasteiger partial charge in [-0.15, -0.1) is 0 Å². The average Bonchev–Trinajstić information content (AvgIpc) is 2.87. The van der Waals surface area contributed by atoms with E-state index in [4.69, 9.17) is 5.73 Å². The minimum absolute atomic E-state index is 0.00796. The Bertz CT molecular complexity index is 593. The first-order valence-electron chi connectivity index (χ1n) is 5.90. The molecule has 1 amide bonds. The number of hydrogen-bond acceptors (Lipinski definition) is 4. The first-order valence-corrected chi connectivity index (χ1v) is 5.90. The van der Waals surface area contributed by atoms with Gasteiger partial charge in [-0.05, 0) is 17.9 Å². The normalized spacial score (nSPS) is 23.3. The van der Waals surface area contributed by atoms with E-state index in [9.17, 15) is 4.79 Å². The lowest BCUT2D eigenvalue weighted by atomic mass is 10.0. The van der Waals surface area contributed by atoms with Crippen molar-refractivity contribution in [1.29, 1.82) is 0 Å². The predicted molar refractivity (Wildman–Crippen MR) is 68.4 cm³/mol. The Morgan fingerprint density at radius 3 is 2.89 bits per heavy atom. The van der Waals surface area contributed by atoms with E-state index in [-0.39, 0.29) is 18.0 Å². The van der Waals surface area contributed by atoms with Crippen LogP contribution in [0.1, 0.15) is 18.2 Å². The number of nitrogens with one attached hydrogen (secondary N) is 2. The topological polar surface area (TPSA) is 80.0 Å². The van der Waals surface area contributed by atoms with Crippen LogP contribution in [0.2, 0.25) is 0 Å². The quantitative estimate of drug-likeness (QED) is 0.721. The number of fused-ring (bicyclic) bond motifs is 1. The molecule has 2 unspecified atom stereocenters. The summed E-state index contributed by atoms with van der Waals surface area (Å²) in [5.41, 5.74) is 12.2.